The van der Waals surface area contributed by atoms with E-state index in [9.17, 15) is 4.39 Å². The molecule has 9 heteroatoms. The fraction of sp³-hybridized carbons (Fsp3) is 0.250. The van der Waals surface area contributed by atoms with E-state index in [1.54, 1.807) is 29.1 Å². The van der Waals surface area contributed by atoms with Gasteiger partial charge in [0.05, 0.1) is 35.4 Å². The summed E-state index contributed by atoms with van der Waals surface area (Å²) < 4.78 is 16.3. The van der Waals surface area contributed by atoms with Gasteiger partial charge in [-0.05, 0) is 43.2 Å². The molecule has 0 saturated heterocycles. The van der Waals surface area contributed by atoms with Crippen molar-refractivity contribution in [3.8, 4) is 28.7 Å². The van der Waals surface area contributed by atoms with Gasteiger partial charge in [0.15, 0.2) is 0 Å². The van der Waals surface area contributed by atoms with Gasteiger partial charge in [-0.3, -0.25) is 4.98 Å². The number of nitrogen functional groups attached to an aromatic ring is 1. The highest BCUT2D eigenvalue weighted by molar-refractivity contribution is 5.68. The molecule has 1 saturated carbocycles. The first kappa shape index (κ1) is 20.7. The number of benzene rings is 1. The number of nitriles is 1. The number of halogens is 1. The molecule has 0 unspecified atom stereocenters. The summed E-state index contributed by atoms with van der Waals surface area (Å²) in [7, 11) is 0. The number of hydrogen-bond donors (Lipinski definition) is 1. The first-order valence-electron chi connectivity index (χ1n) is 10.7. The minimum Gasteiger partial charge on any atom is -0.368 e. The molecular formula is C24H21FN8. The Morgan fingerprint density at radius 3 is 2.64 bits per heavy atom. The zero-order valence-corrected chi connectivity index (χ0v) is 18.0. The van der Waals surface area contributed by atoms with Crippen molar-refractivity contribution in [3.63, 3.8) is 0 Å². The summed E-state index contributed by atoms with van der Waals surface area (Å²) >= 11 is 0. The molecule has 0 amide bonds. The second-order valence-corrected chi connectivity index (χ2v) is 8.51. The molecule has 0 aliphatic heterocycles. The summed E-state index contributed by atoms with van der Waals surface area (Å²) in [5, 5.41) is 17.5. The maximum Gasteiger partial charge on any atom is 0.221 e. The SMILES string of the molecule is CC1(c2cccc(Cn3cc(-c4cc(-c5cccc(C#N)c5F)nc(N)n4)nn3)n2)CCC1. The van der Waals surface area contributed by atoms with Gasteiger partial charge in [-0.25, -0.2) is 19.0 Å². The van der Waals surface area contributed by atoms with Crippen LogP contribution in [0.25, 0.3) is 22.6 Å². The third-order valence-corrected chi connectivity index (χ3v) is 6.15. The average molecular weight is 440 g/mol. The highest BCUT2D eigenvalue weighted by Crippen LogP contribution is 2.42. The van der Waals surface area contributed by atoms with E-state index in [-0.39, 0.29) is 28.2 Å². The molecule has 1 aliphatic rings. The van der Waals surface area contributed by atoms with Gasteiger partial charge in [0.2, 0.25) is 5.95 Å². The smallest absolute Gasteiger partial charge is 0.221 e. The van der Waals surface area contributed by atoms with Crippen LogP contribution in [0.3, 0.4) is 0 Å². The minimum absolute atomic E-state index is 0.0260. The molecule has 1 aromatic carbocycles. The van der Waals surface area contributed by atoms with Crippen molar-refractivity contribution in [2.45, 2.75) is 38.1 Å². The van der Waals surface area contributed by atoms with Crippen molar-refractivity contribution < 1.29 is 4.39 Å². The van der Waals surface area contributed by atoms with Crippen molar-refractivity contribution in [3.05, 3.63) is 71.4 Å². The van der Waals surface area contributed by atoms with Gasteiger partial charge in [-0.1, -0.05) is 30.7 Å². The van der Waals surface area contributed by atoms with E-state index >= 15 is 0 Å². The molecule has 1 aliphatic carbocycles. The lowest BCUT2D eigenvalue weighted by molar-refractivity contribution is 0.264. The molecular weight excluding hydrogens is 419 g/mol. The topological polar surface area (TPSA) is 119 Å². The minimum atomic E-state index is -0.654. The van der Waals surface area contributed by atoms with Crippen LogP contribution in [0.4, 0.5) is 10.3 Å². The van der Waals surface area contributed by atoms with Gasteiger partial charge in [-0.15, -0.1) is 5.10 Å². The predicted molar refractivity (Wildman–Crippen MR) is 120 cm³/mol. The Morgan fingerprint density at radius 1 is 1.09 bits per heavy atom. The summed E-state index contributed by atoms with van der Waals surface area (Å²) in [4.78, 5) is 13.2. The molecule has 3 aromatic heterocycles. The van der Waals surface area contributed by atoms with E-state index in [0.717, 1.165) is 24.2 Å². The number of rotatable bonds is 5. The van der Waals surface area contributed by atoms with E-state index in [4.69, 9.17) is 16.0 Å². The van der Waals surface area contributed by atoms with Gasteiger partial charge in [0, 0.05) is 16.7 Å². The largest absolute Gasteiger partial charge is 0.368 e. The van der Waals surface area contributed by atoms with Gasteiger partial charge in [0.25, 0.3) is 0 Å². The van der Waals surface area contributed by atoms with Crippen LogP contribution in [0.5, 0.6) is 0 Å². The van der Waals surface area contributed by atoms with Crippen molar-refractivity contribution in [2.75, 3.05) is 5.73 Å². The van der Waals surface area contributed by atoms with E-state index < -0.39 is 5.82 Å². The Kier molecular flexibility index (Phi) is 5.05. The molecule has 164 valence electrons. The first-order valence-corrected chi connectivity index (χ1v) is 10.7. The lowest BCUT2D eigenvalue weighted by atomic mass is 9.68. The zero-order chi connectivity index (χ0) is 23.0. The maximum atomic E-state index is 14.7. The summed E-state index contributed by atoms with van der Waals surface area (Å²) in [6.45, 7) is 2.71. The highest BCUT2D eigenvalue weighted by atomic mass is 19.1. The Labute approximate surface area is 190 Å². The van der Waals surface area contributed by atoms with Crippen LogP contribution in [0, 0.1) is 17.1 Å². The number of nitrogens with two attached hydrogens (primary N) is 1. The Bertz CT molecular complexity index is 1380. The molecule has 0 atom stereocenters. The predicted octanol–water partition coefficient (Wildman–Crippen LogP) is 3.88. The van der Waals surface area contributed by atoms with Crippen LogP contribution >= 0.6 is 0 Å². The second kappa shape index (κ2) is 8.06. The van der Waals surface area contributed by atoms with E-state index in [2.05, 4.69) is 33.3 Å². The second-order valence-electron chi connectivity index (χ2n) is 8.51. The van der Waals surface area contributed by atoms with Gasteiger partial charge in [0.1, 0.15) is 17.6 Å². The molecule has 8 nitrogen and oxygen atoms in total. The Balaban J connectivity index is 1.43. The average Bonchev–Trinajstić information content (AvgIpc) is 3.26. The van der Waals surface area contributed by atoms with Crippen LogP contribution < -0.4 is 5.73 Å². The molecule has 3 heterocycles. The highest BCUT2D eigenvalue weighted by Gasteiger charge is 2.34. The molecule has 2 N–H and O–H groups in total. The number of pyridine rings is 1. The number of nitrogens with zero attached hydrogens (tertiary/aromatic N) is 7. The van der Waals surface area contributed by atoms with E-state index in [0.29, 0.717) is 17.9 Å². The fourth-order valence-electron chi connectivity index (χ4n) is 4.08. The number of anilines is 1. The summed E-state index contributed by atoms with van der Waals surface area (Å²) in [5.74, 6) is -0.680. The van der Waals surface area contributed by atoms with Crippen LogP contribution in [-0.2, 0) is 12.0 Å². The van der Waals surface area contributed by atoms with E-state index in [1.807, 2.05) is 18.2 Å². The van der Waals surface area contributed by atoms with Gasteiger partial charge < -0.3 is 5.73 Å². The number of aromatic nitrogens is 6. The van der Waals surface area contributed by atoms with Crippen LogP contribution in [0.2, 0.25) is 0 Å². The third-order valence-electron chi connectivity index (χ3n) is 6.15. The molecule has 5 rings (SSSR count). The molecule has 33 heavy (non-hydrogen) atoms. The van der Waals surface area contributed by atoms with Crippen molar-refractivity contribution in [1.82, 2.24) is 29.9 Å². The molecule has 0 bridgehead atoms. The normalized spacial score (nSPS) is 14.5. The molecule has 0 spiro atoms. The third kappa shape index (κ3) is 3.91. The fourth-order valence-corrected chi connectivity index (χ4v) is 4.08. The molecule has 0 radical (unpaired) electrons. The monoisotopic (exact) mass is 440 g/mol. The lowest BCUT2D eigenvalue weighted by Gasteiger charge is -2.37. The van der Waals surface area contributed by atoms with Gasteiger partial charge in [-0.2, -0.15) is 5.26 Å². The lowest BCUT2D eigenvalue weighted by Crippen LogP contribution is -2.31. The number of hydrogen-bond acceptors (Lipinski definition) is 7. The van der Waals surface area contributed by atoms with Crippen molar-refractivity contribution in [1.29, 1.82) is 5.26 Å². The maximum absolute atomic E-state index is 14.7. The summed E-state index contributed by atoms with van der Waals surface area (Å²) in [6, 6.07) is 14.0. The molecule has 1 fully saturated rings. The Morgan fingerprint density at radius 2 is 1.88 bits per heavy atom. The standard InChI is InChI=1S/C24H21FN8/c1-24(9-4-10-24)21-8-3-6-16(28-21)13-33-14-20(31-32-33)19-11-18(29-23(27)30-19)17-7-2-5-15(12-26)22(17)25/h2-3,5-8,11,14H,4,9-10,13H2,1H3,(H2,27,29,30). The first-order chi connectivity index (χ1) is 15.9. The van der Waals surface area contributed by atoms with Crippen LogP contribution in [0.15, 0.2) is 48.7 Å². The summed E-state index contributed by atoms with van der Waals surface area (Å²) in [6.07, 6.45) is 5.30. The van der Waals surface area contributed by atoms with Gasteiger partial charge >= 0.3 is 0 Å². The van der Waals surface area contributed by atoms with E-state index in [1.165, 1.54) is 12.5 Å². The van der Waals surface area contributed by atoms with Crippen LogP contribution in [0.1, 0.15) is 43.1 Å². The quantitative estimate of drug-likeness (QED) is 0.500. The van der Waals surface area contributed by atoms with Crippen LogP contribution in [-0.4, -0.2) is 29.9 Å². The Hall–Kier alpha value is -4.19. The van der Waals surface area contributed by atoms with Crippen molar-refractivity contribution >= 4 is 5.95 Å². The van der Waals surface area contributed by atoms with Crippen molar-refractivity contribution in [2.24, 2.45) is 0 Å². The summed E-state index contributed by atoms with van der Waals surface area (Å²) in [5.41, 5.74) is 9.32. The molecule has 4 aromatic rings. The zero-order valence-electron chi connectivity index (χ0n) is 18.0.